The Bertz CT molecular complexity index is 413. The Hall–Kier alpha value is -1.22. The number of benzene rings is 1. The Morgan fingerprint density at radius 2 is 2.12 bits per heavy atom. The lowest BCUT2D eigenvalue weighted by molar-refractivity contribution is -0.139. The van der Waals surface area contributed by atoms with E-state index in [9.17, 15) is 4.79 Å². The number of aryl methyl sites for hydroxylation is 1. The molecule has 3 nitrogen and oxygen atoms in total. The molecule has 1 aromatic carbocycles. The summed E-state index contributed by atoms with van der Waals surface area (Å²) in [6, 6.07) is 5.52. The summed E-state index contributed by atoms with van der Waals surface area (Å²) >= 11 is 5.99. The van der Waals surface area contributed by atoms with E-state index in [1.165, 1.54) is 0 Å². The van der Waals surface area contributed by atoms with E-state index < -0.39 is 11.4 Å². The Balaban J connectivity index is 2.66. The van der Waals surface area contributed by atoms with Crippen LogP contribution in [0.3, 0.4) is 0 Å². The van der Waals surface area contributed by atoms with Crippen molar-refractivity contribution < 1.29 is 14.6 Å². The molecule has 0 aliphatic rings. The van der Waals surface area contributed by atoms with Crippen molar-refractivity contribution in [2.45, 2.75) is 27.2 Å². The standard InChI is InChI=1S/C13H17ClO3/c1-9-4-5-10(14)11(6-9)17-8-13(2,3)7-12(15)16/h4-6H,7-8H2,1-3H3,(H,15,16). The van der Waals surface area contributed by atoms with Gasteiger partial charge in [-0.1, -0.05) is 31.5 Å². The average Bonchev–Trinajstić information content (AvgIpc) is 2.17. The number of hydrogen-bond acceptors (Lipinski definition) is 2. The van der Waals surface area contributed by atoms with Crippen LogP contribution in [0.4, 0.5) is 0 Å². The van der Waals surface area contributed by atoms with Crippen molar-refractivity contribution in [2.24, 2.45) is 5.41 Å². The molecule has 4 heteroatoms. The SMILES string of the molecule is Cc1ccc(Cl)c(OCC(C)(C)CC(=O)O)c1. The number of carbonyl (C=O) groups is 1. The molecule has 1 aromatic rings. The summed E-state index contributed by atoms with van der Waals surface area (Å²) in [7, 11) is 0. The van der Waals surface area contributed by atoms with E-state index in [2.05, 4.69) is 0 Å². The maximum Gasteiger partial charge on any atom is 0.304 e. The Morgan fingerprint density at radius 1 is 1.47 bits per heavy atom. The Kier molecular flexibility index (Phi) is 4.40. The van der Waals surface area contributed by atoms with Gasteiger partial charge in [-0.2, -0.15) is 0 Å². The number of hydrogen-bond donors (Lipinski definition) is 1. The second-order valence-electron chi connectivity index (χ2n) is 4.96. The van der Waals surface area contributed by atoms with Gasteiger partial charge in [0.25, 0.3) is 0 Å². The maximum atomic E-state index is 10.7. The van der Waals surface area contributed by atoms with E-state index in [1.807, 2.05) is 32.9 Å². The molecule has 0 fully saturated rings. The number of ether oxygens (including phenoxy) is 1. The molecule has 0 saturated carbocycles. The first kappa shape index (κ1) is 13.8. The van der Waals surface area contributed by atoms with Crippen LogP contribution < -0.4 is 4.74 Å². The lowest BCUT2D eigenvalue weighted by atomic mass is 9.91. The highest BCUT2D eigenvalue weighted by molar-refractivity contribution is 6.32. The molecular formula is C13H17ClO3. The van der Waals surface area contributed by atoms with Crippen LogP contribution in [0.25, 0.3) is 0 Å². The van der Waals surface area contributed by atoms with Crippen LogP contribution >= 0.6 is 11.6 Å². The summed E-state index contributed by atoms with van der Waals surface area (Å²) in [5.74, 6) is -0.223. The van der Waals surface area contributed by atoms with Gasteiger partial charge in [0, 0.05) is 5.41 Å². The molecule has 0 heterocycles. The first-order chi connectivity index (χ1) is 7.80. The van der Waals surface area contributed by atoms with Gasteiger partial charge < -0.3 is 9.84 Å². The fourth-order valence-corrected chi connectivity index (χ4v) is 1.63. The molecule has 94 valence electrons. The van der Waals surface area contributed by atoms with E-state index >= 15 is 0 Å². The van der Waals surface area contributed by atoms with Gasteiger partial charge in [-0.3, -0.25) is 4.79 Å². The number of carboxylic acids is 1. The summed E-state index contributed by atoms with van der Waals surface area (Å²) in [5.41, 5.74) is 0.638. The van der Waals surface area contributed by atoms with Gasteiger partial charge in [0.15, 0.2) is 0 Å². The zero-order valence-corrected chi connectivity index (χ0v) is 11.0. The second-order valence-corrected chi connectivity index (χ2v) is 5.36. The normalized spacial score (nSPS) is 11.3. The van der Waals surface area contributed by atoms with Crippen LogP contribution in [-0.4, -0.2) is 17.7 Å². The molecule has 0 amide bonds. The Labute approximate surface area is 106 Å². The highest BCUT2D eigenvalue weighted by Crippen LogP contribution is 2.28. The predicted octanol–water partition coefficient (Wildman–Crippen LogP) is 3.53. The number of halogens is 1. The van der Waals surface area contributed by atoms with E-state index in [1.54, 1.807) is 6.07 Å². The summed E-state index contributed by atoms with van der Waals surface area (Å²) < 4.78 is 5.59. The quantitative estimate of drug-likeness (QED) is 0.877. The van der Waals surface area contributed by atoms with Crippen LogP contribution in [0.5, 0.6) is 5.75 Å². The van der Waals surface area contributed by atoms with Crippen molar-refractivity contribution in [2.75, 3.05) is 6.61 Å². The molecule has 0 saturated heterocycles. The van der Waals surface area contributed by atoms with E-state index in [0.717, 1.165) is 5.56 Å². The minimum absolute atomic E-state index is 0.0659. The van der Waals surface area contributed by atoms with Crippen LogP contribution in [0.2, 0.25) is 5.02 Å². The van der Waals surface area contributed by atoms with Crippen LogP contribution in [0.1, 0.15) is 25.8 Å². The molecule has 0 bridgehead atoms. The number of rotatable bonds is 5. The van der Waals surface area contributed by atoms with Crippen molar-refractivity contribution in [1.82, 2.24) is 0 Å². The van der Waals surface area contributed by atoms with Gasteiger partial charge in [0.1, 0.15) is 5.75 Å². The summed E-state index contributed by atoms with van der Waals surface area (Å²) in [6.45, 7) is 5.98. The van der Waals surface area contributed by atoms with Gasteiger partial charge in [-0.05, 0) is 24.6 Å². The fraction of sp³-hybridized carbons (Fsp3) is 0.462. The topological polar surface area (TPSA) is 46.5 Å². The molecule has 0 spiro atoms. The van der Waals surface area contributed by atoms with Crippen LogP contribution in [0, 0.1) is 12.3 Å². The monoisotopic (exact) mass is 256 g/mol. The highest BCUT2D eigenvalue weighted by Gasteiger charge is 2.23. The molecule has 0 aliphatic heterocycles. The minimum atomic E-state index is -0.825. The van der Waals surface area contributed by atoms with Crippen LogP contribution in [0.15, 0.2) is 18.2 Å². The van der Waals surface area contributed by atoms with Crippen molar-refractivity contribution in [3.63, 3.8) is 0 Å². The number of carboxylic acid groups (broad SMARTS) is 1. The van der Waals surface area contributed by atoms with Gasteiger partial charge in [0.2, 0.25) is 0 Å². The molecule has 0 radical (unpaired) electrons. The molecule has 0 unspecified atom stereocenters. The van der Waals surface area contributed by atoms with Gasteiger partial charge in [-0.25, -0.2) is 0 Å². The summed E-state index contributed by atoms with van der Waals surface area (Å²) in [5, 5.41) is 9.31. The lowest BCUT2D eigenvalue weighted by Gasteiger charge is -2.23. The summed E-state index contributed by atoms with van der Waals surface area (Å²) in [4.78, 5) is 10.7. The van der Waals surface area contributed by atoms with Crippen molar-refractivity contribution in [1.29, 1.82) is 0 Å². The van der Waals surface area contributed by atoms with E-state index in [-0.39, 0.29) is 6.42 Å². The van der Waals surface area contributed by atoms with Gasteiger partial charge >= 0.3 is 5.97 Å². The molecule has 0 atom stereocenters. The van der Waals surface area contributed by atoms with Crippen LogP contribution in [-0.2, 0) is 4.79 Å². The van der Waals surface area contributed by atoms with Crippen molar-refractivity contribution in [3.8, 4) is 5.75 Å². The largest absolute Gasteiger partial charge is 0.491 e. The van der Waals surface area contributed by atoms with E-state index in [4.69, 9.17) is 21.4 Å². The molecule has 1 N–H and O–H groups in total. The van der Waals surface area contributed by atoms with Gasteiger partial charge in [-0.15, -0.1) is 0 Å². The zero-order chi connectivity index (χ0) is 13.1. The average molecular weight is 257 g/mol. The highest BCUT2D eigenvalue weighted by atomic mass is 35.5. The molecular weight excluding hydrogens is 240 g/mol. The van der Waals surface area contributed by atoms with Crippen molar-refractivity contribution in [3.05, 3.63) is 28.8 Å². The first-order valence-electron chi connectivity index (χ1n) is 5.41. The minimum Gasteiger partial charge on any atom is -0.491 e. The molecule has 17 heavy (non-hydrogen) atoms. The predicted molar refractivity (Wildman–Crippen MR) is 67.7 cm³/mol. The lowest BCUT2D eigenvalue weighted by Crippen LogP contribution is -2.24. The third kappa shape index (κ3) is 4.65. The number of aliphatic carboxylic acids is 1. The van der Waals surface area contributed by atoms with E-state index in [0.29, 0.717) is 17.4 Å². The third-order valence-electron chi connectivity index (χ3n) is 2.33. The van der Waals surface area contributed by atoms with Crippen molar-refractivity contribution >= 4 is 17.6 Å². The second kappa shape index (κ2) is 5.41. The molecule has 0 aromatic heterocycles. The first-order valence-corrected chi connectivity index (χ1v) is 5.79. The van der Waals surface area contributed by atoms with Gasteiger partial charge in [0.05, 0.1) is 18.1 Å². The molecule has 0 aliphatic carbocycles. The smallest absolute Gasteiger partial charge is 0.304 e. The molecule has 1 rings (SSSR count). The third-order valence-corrected chi connectivity index (χ3v) is 2.65. The summed E-state index contributed by atoms with van der Waals surface area (Å²) in [6.07, 6.45) is 0.0659. The zero-order valence-electron chi connectivity index (χ0n) is 10.3. The Morgan fingerprint density at radius 3 is 2.71 bits per heavy atom. The fourth-order valence-electron chi connectivity index (χ4n) is 1.45. The maximum absolute atomic E-state index is 10.7.